The van der Waals surface area contributed by atoms with Crippen LogP contribution in [0.5, 0.6) is 11.5 Å². The van der Waals surface area contributed by atoms with E-state index in [4.69, 9.17) is 4.74 Å². The van der Waals surface area contributed by atoms with E-state index >= 15 is 0 Å². The third kappa shape index (κ3) is 5.21. The molecule has 0 unspecified atom stereocenters. The number of hydrogen-bond acceptors (Lipinski definition) is 1. The molecule has 0 saturated carbocycles. The van der Waals surface area contributed by atoms with Gasteiger partial charge in [-0.1, -0.05) is 42.5 Å². The number of benzene rings is 2. The smallest absolute Gasteiger partial charge is 0.169 e. The van der Waals surface area contributed by atoms with Crippen LogP contribution >= 0.6 is 0 Å². The lowest BCUT2D eigenvalue weighted by atomic mass is 10.1. The van der Waals surface area contributed by atoms with Gasteiger partial charge in [0.05, 0.1) is 0 Å². The van der Waals surface area contributed by atoms with E-state index in [1.165, 1.54) is 5.56 Å². The molecule has 1 heterocycles. The van der Waals surface area contributed by atoms with E-state index < -0.39 is 0 Å². The average Bonchev–Trinajstić information content (AvgIpc) is 2.56. The predicted molar refractivity (Wildman–Crippen MR) is 89.5 cm³/mol. The third-order valence-electron chi connectivity index (χ3n) is 3.31. The molecule has 3 rings (SSSR count). The molecule has 0 bridgehead atoms. The number of pyridine rings is 1. The van der Waals surface area contributed by atoms with Gasteiger partial charge in [0.15, 0.2) is 12.4 Å². The van der Waals surface area contributed by atoms with Gasteiger partial charge in [-0.15, -0.1) is 0 Å². The van der Waals surface area contributed by atoms with Crippen LogP contribution in [0.4, 0.5) is 0 Å². The molecule has 0 aliphatic carbocycles. The molecule has 0 amide bonds. The highest BCUT2D eigenvalue weighted by Crippen LogP contribution is 2.22. The first-order chi connectivity index (χ1) is 10.8. The molecule has 116 valence electrons. The van der Waals surface area contributed by atoms with Crippen molar-refractivity contribution in [1.29, 1.82) is 0 Å². The summed E-state index contributed by atoms with van der Waals surface area (Å²) in [6.45, 7) is 0. The highest BCUT2D eigenvalue weighted by molar-refractivity contribution is 5.69. The lowest BCUT2D eigenvalue weighted by molar-refractivity contribution is -0.671. The second-order valence-electron chi connectivity index (χ2n) is 5.12. The fraction of sp³-hybridized carbons (Fsp3) is 0.0500. The number of hydrogen-bond donors (Lipinski definition) is 0. The van der Waals surface area contributed by atoms with Crippen molar-refractivity contribution in [2.75, 3.05) is 0 Å². The molecule has 3 aromatic rings. The van der Waals surface area contributed by atoms with Crippen molar-refractivity contribution in [2.45, 2.75) is 0 Å². The largest absolute Gasteiger partial charge is 1.00 e. The van der Waals surface area contributed by atoms with Crippen LogP contribution in [0.15, 0.2) is 79.1 Å². The number of aryl methyl sites for hydroxylation is 1. The van der Waals surface area contributed by atoms with E-state index in [0.29, 0.717) is 0 Å². The molecule has 2 aromatic carbocycles. The summed E-state index contributed by atoms with van der Waals surface area (Å²) in [5.41, 5.74) is 2.29. The van der Waals surface area contributed by atoms with Crippen molar-refractivity contribution >= 4 is 12.2 Å². The summed E-state index contributed by atoms with van der Waals surface area (Å²) < 4.78 is 7.87. The molecular formula is C20H18INO. The minimum atomic E-state index is 0. The standard InChI is InChI=1S/C20H18NO.HI/c1-21-14-12-17(13-15-21)10-11-18-6-5-9-20(16-18)22-19-7-3-2-4-8-19;/h2-16H,1H3;1H/q+1;/p-1/b11-10+;. The number of ether oxygens (including phenoxy) is 1. The SMILES string of the molecule is C[n+]1ccc(/C=C/c2cccc(Oc3ccccc3)c2)cc1.[I-]. The molecule has 0 N–H and O–H groups in total. The molecule has 0 spiro atoms. The molecule has 0 fully saturated rings. The van der Waals surface area contributed by atoms with Gasteiger partial charge in [0.1, 0.15) is 18.5 Å². The summed E-state index contributed by atoms with van der Waals surface area (Å²) in [6, 6.07) is 22.1. The van der Waals surface area contributed by atoms with E-state index in [2.05, 4.69) is 30.4 Å². The van der Waals surface area contributed by atoms with E-state index in [1.807, 2.05) is 72.5 Å². The second-order valence-corrected chi connectivity index (χ2v) is 5.12. The molecule has 0 saturated heterocycles. The minimum Gasteiger partial charge on any atom is -1.00 e. The van der Waals surface area contributed by atoms with Crippen LogP contribution < -0.4 is 33.3 Å². The number of para-hydroxylation sites is 1. The maximum absolute atomic E-state index is 5.85. The van der Waals surface area contributed by atoms with Gasteiger partial charge in [-0.25, -0.2) is 4.57 Å². The zero-order valence-electron chi connectivity index (χ0n) is 12.9. The highest BCUT2D eigenvalue weighted by Gasteiger charge is 1.97. The molecule has 0 atom stereocenters. The average molecular weight is 415 g/mol. The molecule has 23 heavy (non-hydrogen) atoms. The molecule has 0 aliphatic rings. The summed E-state index contributed by atoms with van der Waals surface area (Å²) in [7, 11) is 2.01. The summed E-state index contributed by atoms with van der Waals surface area (Å²) in [6.07, 6.45) is 8.26. The Labute approximate surface area is 154 Å². The highest BCUT2D eigenvalue weighted by atomic mass is 127. The Morgan fingerprint density at radius 3 is 2.13 bits per heavy atom. The van der Waals surface area contributed by atoms with Gasteiger partial charge in [-0.05, 0) is 35.4 Å². The second kappa shape index (κ2) is 8.48. The zero-order valence-corrected chi connectivity index (χ0v) is 15.1. The van der Waals surface area contributed by atoms with Crippen LogP contribution in [0.25, 0.3) is 12.2 Å². The molecule has 0 radical (unpaired) electrons. The first-order valence-electron chi connectivity index (χ1n) is 7.26. The maximum atomic E-state index is 5.85. The van der Waals surface area contributed by atoms with Crippen LogP contribution in [0.3, 0.4) is 0 Å². The fourth-order valence-corrected chi connectivity index (χ4v) is 2.12. The predicted octanol–water partition coefficient (Wildman–Crippen LogP) is 1.48. The van der Waals surface area contributed by atoms with Gasteiger partial charge in [0.25, 0.3) is 0 Å². The number of aromatic nitrogens is 1. The van der Waals surface area contributed by atoms with Gasteiger partial charge >= 0.3 is 0 Å². The Morgan fingerprint density at radius 2 is 1.39 bits per heavy atom. The van der Waals surface area contributed by atoms with Crippen LogP contribution in [-0.2, 0) is 7.05 Å². The molecule has 2 nitrogen and oxygen atoms in total. The lowest BCUT2D eigenvalue weighted by Gasteiger charge is -2.05. The van der Waals surface area contributed by atoms with Crippen LogP contribution in [0.1, 0.15) is 11.1 Å². The van der Waals surface area contributed by atoms with E-state index in [1.54, 1.807) is 0 Å². The van der Waals surface area contributed by atoms with Crippen molar-refractivity contribution in [2.24, 2.45) is 7.05 Å². The minimum absolute atomic E-state index is 0. The van der Waals surface area contributed by atoms with Crippen molar-refractivity contribution in [3.63, 3.8) is 0 Å². The third-order valence-corrected chi connectivity index (χ3v) is 3.31. The quantitative estimate of drug-likeness (QED) is 0.465. The first-order valence-corrected chi connectivity index (χ1v) is 7.26. The fourth-order valence-electron chi connectivity index (χ4n) is 2.12. The molecular weight excluding hydrogens is 397 g/mol. The Balaban J connectivity index is 0.00000192. The summed E-state index contributed by atoms with van der Waals surface area (Å²) in [5, 5.41) is 0. The lowest BCUT2D eigenvalue weighted by Crippen LogP contribution is -3.00. The van der Waals surface area contributed by atoms with E-state index in [-0.39, 0.29) is 24.0 Å². The molecule has 1 aromatic heterocycles. The number of nitrogens with zero attached hydrogens (tertiary/aromatic N) is 1. The van der Waals surface area contributed by atoms with Crippen LogP contribution in [0.2, 0.25) is 0 Å². The van der Waals surface area contributed by atoms with Gasteiger partial charge in [0, 0.05) is 12.1 Å². The monoisotopic (exact) mass is 415 g/mol. The van der Waals surface area contributed by atoms with Crippen LogP contribution in [-0.4, -0.2) is 0 Å². The Kier molecular flexibility index (Phi) is 6.35. The van der Waals surface area contributed by atoms with Gasteiger partial charge < -0.3 is 28.7 Å². The van der Waals surface area contributed by atoms with Crippen molar-refractivity contribution < 1.29 is 33.3 Å². The van der Waals surface area contributed by atoms with Crippen molar-refractivity contribution in [3.8, 4) is 11.5 Å². The number of rotatable bonds is 4. The molecule has 0 aliphatic heterocycles. The Morgan fingerprint density at radius 1 is 0.739 bits per heavy atom. The van der Waals surface area contributed by atoms with Gasteiger partial charge in [-0.3, -0.25) is 0 Å². The summed E-state index contributed by atoms with van der Waals surface area (Å²) >= 11 is 0. The normalized spacial score (nSPS) is 10.3. The van der Waals surface area contributed by atoms with E-state index in [9.17, 15) is 0 Å². The maximum Gasteiger partial charge on any atom is 0.169 e. The van der Waals surface area contributed by atoms with Crippen molar-refractivity contribution in [3.05, 3.63) is 90.3 Å². The van der Waals surface area contributed by atoms with E-state index in [0.717, 1.165) is 17.1 Å². The Hall–Kier alpha value is -2.14. The first kappa shape index (κ1) is 17.2. The Bertz CT molecular complexity index is 767. The van der Waals surface area contributed by atoms with Crippen LogP contribution in [0, 0.1) is 0 Å². The topological polar surface area (TPSA) is 13.1 Å². The molecule has 3 heteroatoms. The van der Waals surface area contributed by atoms with Gasteiger partial charge in [-0.2, -0.15) is 0 Å². The number of halogens is 1. The summed E-state index contributed by atoms with van der Waals surface area (Å²) in [5.74, 6) is 1.69. The summed E-state index contributed by atoms with van der Waals surface area (Å²) in [4.78, 5) is 0. The zero-order chi connectivity index (χ0) is 15.2. The van der Waals surface area contributed by atoms with Crippen molar-refractivity contribution in [1.82, 2.24) is 0 Å². The van der Waals surface area contributed by atoms with Gasteiger partial charge in [0.2, 0.25) is 0 Å².